The molecule has 0 aliphatic heterocycles. The second kappa shape index (κ2) is 8.88. The number of para-hydroxylation sites is 1. The minimum atomic E-state index is -0.221. The highest BCUT2D eigenvalue weighted by Crippen LogP contribution is 2.33. The Morgan fingerprint density at radius 3 is 2.32 bits per heavy atom. The van der Waals surface area contributed by atoms with Crippen LogP contribution in [0.3, 0.4) is 0 Å². The van der Waals surface area contributed by atoms with Crippen molar-refractivity contribution in [1.29, 1.82) is 0 Å². The predicted molar refractivity (Wildman–Crippen MR) is 102 cm³/mol. The van der Waals surface area contributed by atoms with Crippen molar-refractivity contribution in [3.8, 4) is 0 Å². The zero-order chi connectivity index (χ0) is 18.4. The average Bonchev–Trinajstić information content (AvgIpc) is 2.55. The molecular weight excluding hydrogens is 359 g/mol. The SMILES string of the molecule is CC(=O)N(CCC(=O)NCc1cccc(C)c1)c1c(Cl)cccc1Cl. The van der Waals surface area contributed by atoms with Crippen molar-refractivity contribution in [1.82, 2.24) is 5.32 Å². The van der Waals surface area contributed by atoms with Gasteiger partial charge in [-0.15, -0.1) is 0 Å². The zero-order valence-corrected chi connectivity index (χ0v) is 15.7. The van der Waals surface area contributed by atoms with E-state index in [2.05, 4.69) is 5.32 Å². The Hall–Kier alpha value is -2.04. The van der Waals surface area contributed by atoms with Crippen molar-refractivity contribution < 1.29 is 9.59 Å². The fourth-order valence-electron chi connectivity index (χ4n) is 2.50. The third kappa shape index (κ3) is 5.48. The van der Waals surface area contributed by atoms with Crippen LogP contribution in [0.2, 0.25) is 10.0 Å². The van der Waals surface area contributed by atoms with Gasteiger partial charge < -0.3 is 10.2 Å². The fourth-order valence-corrected chi connectivity index (χ4v) is 3.10. The van der Waals surface area contributed by atoms with Crippen LogP contribution < -0.4 is 10.2 Å². The summed E-state index contributed by atoms with van der Waals surface area (Å²) >= 11 is 12.3. The summed E-state index contributed by atoms with van der Waals surface area (Å²) in [6.07, 6.45) is 0.160. The predicted octanol–water partition coefficient (Wildman–Crippen LogP) is 4.36. The first-order chi connectivity index (χ1) is 11.9. The van der Waals surface area contributed by atoms with E-state index in [0.29, 0.717) is 22.3 Å². The molecule has 0 aliphatic rings. The van der Waals surface area contributed by atoms with E-state index < -0.39 is 0 Å². The molecule has 0 aromatic heterocycles. The van der Waals surface area contributed by atoms with E-state index in [1.807, 2.05) is 31.2 Å². The molecule has 0 spiro atoms. The highest BCUT2D eigenvalue weighted by Gasteiger charge is 2.19. The molecule has 0 radical (unpaired) electrons. The monoisotopic (exact) mass is 378 g/mol. The molecule has 2 rings (SSSR count). The summed E-state index contributed by atoms with van der Waals surface area (Å²) in [6.45, 7) is 4.08. The van der Waals surface area contributed by atoms with Crippen LogP contribution in [0.1, 0.15) is 24.5 Å². The normalized spacial score (nSPS) is 10.4. The Morgan fingerprint density at radius 2 is 1.72 bits per heavy atom. The molecule has 2 amide bonds. The van der Waals surface area contributed by atoms with Gasteiger partial charge in [-0.2, -0.15) is 0 Å². The van der Waals surface area contributed by atoms with Gasteiger partial charge in [-0.25, -0.2) is 0 Å². The minimum Gasteiger partial charge on any atom is -0.352 e. The standard InChI is InChI=1S/C19H20Cl2N2O2/c1-13-5-3-6-15(11-13)12-22-18(25)9-10-23(14(2)24)19-16(20)7-4-8-17(19)21/h3-8,11H,9-10,12H2,1-2H3,(H,22,25). The molecule has 132 valence electrons. The van der Waals surface area contributed by atoms with Gasteiger partial charge in [0, 0.05) is 26.4 Å². The van der Waals surface area contributed by atoms with E-state index in [0.717, 1.165) is 11.1 Å². The molecule has 0 heterocycles. The summed E-state index contributed by atoms with van der Waals surface area (Å²) in [5.74, 6) is -0.364. The third-order valence-electron chi connectivity index (χ3n) is 3.72. The number of benzene rings is 2. The first kappa shape index (κ1) is 19.3. The van der Waals surface area contributed by atoms with Crippen molar-refractivity contribution in [3.05, 3.63) is 63.6 Å². The Bertz CT molecular complexity index is 758. The van der Waals surface area contributed by atoms with E-state index in [1.54, 1.807) is 18.2 Å². The van der Waals surface area contributed by atoms with Crippen molar-refractivity contribution in [2.45, 2.75) is 26.8 Å². The summed E-state index contributed by atoms with van der Waals surface area (Å²) in [7, 11) is 0. The third-order valence-corrected chi connectivity index (χ3v) is 4.33. The van der Waals surface area contributed by atoms with E-state index in [1.165, 1.54) is 11.8 Å². The lowest BCUT2D eigenvalue weighted by molar-refractivity contribution is -0.121. The topological polar surface area (TPSA) is 49.4 Å². The van der Waals surface area contributed by atoms with Gasteiger partial charge in [0.1, 0.15) is 0 Å². The maximum absolute atomic E-state index is 12.1. The molecule has 0 saturated carbocycles. The van der Waals surface area contributed by atoms with E-state index in [4.69, 9.17) is 23.2 Å². The number of nitrogens with one attached hydrogen (secondary N) is 1. The number of amides is 2. The highest BCUT2D eigenvalue weighted by atomic mass is 35.5. The number of anilines is 1. The number of halogens is 2. The molecule has 0 atom stereocenters. The van der Waals surface area contributed by atoms with Gasteiger partial charge in [-0.1, -0.05) is 59.1 Å². The molecule has 6 heteroatoms. The lowest BCUT2D eigenvalue weighted by Gasteiger charge is -2.23. The van der Waals surface area contributed by atoms with Gasteiger partial charge in [-0.3, -0.25) is 9.59 Å². The maximum atomic E-state index is 12.1. The Kier molecular flexibility index (Phi) is 6.85. The Balaban J connectivity index is 1.97. The van der Waals surface area contributed by atoms with Crippen molar-refractivity contribution in [2.24, 2.45) is 0 Å². The molecule has 25 heavy (non-hydrogen) atoms. The second-order valence-electron chi connectivity index (χ2n) is 5.76. The second-order valence-corrected chi connectivity index (χ2v) is 6.57. The molecule has 0 saturated heterocycles. The van der Waals surface area contributed by atoms with Crippen LogP contribution in [0.4, 0.5) is 5.69 Å². The van der Waals surface area contributed by atoms with Gasteiger partial charge in [0.15, 0.2) is 0 Å². The van der Waals surface area contributed by atoms with Crippen LogP contribution in [-0.2, 0) is 16.1 Å². The number of hydrogen-bond donors (Lipinski definition) is 1. The molecule has 0 aliphatic carbocycles. The van der Waals surface area contributed by atoms with Crippen LogP contribution in [0, 0.1) is 6.92 Å². The Labute approximate surface area is 157 Å². The molecular formula is C19H20Cl2N2O2. The first-order valence-electron chi connectivity index (χ1n) is 7.93. The molecule has 2 aromatic rings. The van der Waals surface area contributed by atoms with Crippen LogP contribution in [0.15, 0.2) is 42.5 Å². The summed E-state index contributed by atoms with van der Waals surface area (Å²) < 4.78 is 0. The molecule has 0 bridgehead atoms. The molecule has 0 unspecified atom stereocenters. The fraction of sp³-hybridized carbons (Fsp3) is 0.263. The van der Waals surface area contributed by atoms with Crippen LogP contribution in [0.5, 0.6) is 0 Å². The van der Waals surface area contributed by atoms with Gasteiger partial charge in [-0.05, 0) is 24.6 Å². The van der Waals surface area contributed by atoms with Gasteiger partial charge in [0.25, 0.3) is 0 Å². The maximum Gasteiger partial charge on any atom is 0.223 e. The Morgan fingerprint density at radius 1 is 1.08 bits per heavy atom. The average molecular weight is 379 g/mol. The lowest BCUT2D eigenvalue weighted by atomic mass is 10.1. The number of nitrogens with zero attached hydrogens (tertiary/aromatic N) is 1. The van der Waals surface area contributed by atoms with Gasteiger partial charge in [0.2, 0.25) is 11.8 Å². The molecule has 0 fully saturated rings. The minimum absolute atomic E-state index is 0.143. The van der Waals surface area contributed by atoms with E-state index >= 15 is 0 Å². The molecule has 1 N–H and O–H groups in total. The molecule has 4 nitrogen and oxygen atoms in total. The number of hydrogen-bond acceptors (Lipinski definition) is 2. The number of carbonyl (C=O) groups excluding carboxylic acids is 2. The van der Waals surface area contributed by atoms with Crippen LogP contribution >= 0.6 is 23.2 Å². The van der Waals surface area contributed by atoms with Crippen molar-refractivity contribution >= 4 is 40.7 Å². The quantitative estimate of drug-likeness (QED) is 0.811. The van der Waals surface area contributed by atoms with Crippen molar-refractivity contribution in [3.63, 3.8) is 0 Å². The lowest BCUT2D eigenvalue weighted by Crippen LogP contribution is -2.34. The van der Waals surface area contributed by atoms with E-state index in [9.17, 15) is 9.59 Å². The van der Waals surface area contributed by atoms with E-state index in [-0.39, 0.29) is 24.8 Å². The van der Waals surface area contributed by atoms with Gasteiger partial charge in [0.05, 0.1) is 15.7 Å². The summed E-state index contributed by atoms with van der Waals surface area (Å²) in [6, 6.07) is 13.0. The summed E-state index contributed by atoms with van der Waals surface area (Å²) in [4.78, 5) is 25.5. The smallest absolute Gasteiger partial charge is 0.223 e. The summed E-state index contributed by atoms with van der Waals surface area (Å²) in [5.41, 5.74) is 2.61. The number of aryl methyl sites for hydroxylation is 1. The first-order valence-corrected chi connectivity index (χ1v) is 8.68. The largest absolute Gasteiger partial charge is 0.352 e. The van der Waals surface area contributed by atoms with Crippen LogP contribution in [-0.4, -0.2) is 18.4 Å². The number of carbonyl (C=O) groups is 2. The molecule has 2 aromatic carbocycles. The van der Waals surface area contributed by atoms with Crippen LogP contribution in [0.25, 0.3) is 0 Å². The van der Waals surface area contributed by atoms with Gasteiger partial charge >= 0.3 is 0 Å². The number of rotatable bonds is 6. The highest BCUT2D eigenvalue weighted by molar-refractivity contribution is 6.39. The zero-order valence-electron chi connectivity index (χ0n) is 14.2. The van der Waals surface area contributed by atoms with Crippen molar-refractivity contribution in [2.75, 3.05) is 11.4 Å². The summed E-state index contributed by atoms with van der Waals surface area (Å²) in [5, 5.41) is 3.61.